The van der Waals surface area contributed by atoms with Crippen LogP contribution in [0, 0.1) is 11.3 Å². The molecule has 0 radical (unpaired) electrons. The maximum Gasteiger partial charge on any atom is 0.241 e. The van der Waals surface area contributed by atoms with Gasteiger partial charge in [0, 0.05) is 24.5 Å². The zero-order valence-corrected chi connectivity index (χ0v) is 12.8. The number of fused-ring (bicyclic) bond motifs is 1. The molecule has 3 N–H and O–H groups in total. The van der Waals surface area contributed by atoms with Gasteiger partial charge in [0.15, 0.2) is 0 Å². The first-order chi connectivity index (χ1) is 9.48. The SMILES string of the molecule is CC1(C)C2OCCCC2C1(N)C(=O)NCc1ccsc1. The molecule has 0 spiro atoms. The standard InChI is InChI=1S/C15H22N2O2S/c1-14(2)12-11(4-3-6-19-12)15(14,16)13(18)17-8-10-5-7-20-9-10/h5,7,9,11-12H,3-4,6,8,16H2,1-2H3,(H,17,18). The van der Waals surface area contributed by atoms with E-state index in [0.29, 0.717) is 6.54 Å². The fraction of sp³-hybridized carbons (Fsp3) is 0.667. The predicted octanol–water partition coefficient (Wildman–Crippen LogP) is 1.90. The van der Waals surface area contributed by atoms with Crippen molar-refractivity contribution in [3.05, 3.63) is 22.4 Å². The van der Waals surface area contributed by atoms with Crippen molar-refractivity contribution in [2.24, 2.45) is 17.1 Å². The number of hydrogen-bond donors (Lipinski definition) is 2. The van der Waals surface area contributed by atoms with Gasteiger partial charge in [-0.05, 0) is 35.2 Å². The van der Waals surface area contributed by atoms with Gasteiger partial charge in [-0.15, -0.1) is 0 Å². The molecule has 3 unspecified atom stereocenters. The Balaban J connectivity index is 1.72. The van der Waals surface area contributed by atoms with Crippen LogP contribution in [0.1, 0.15) is 32.3 Å². The molecule has 2 fully saturated rings. The molecular weight excluding hydrogens is 272 g/mol. The molecular formula is C15H22N2O2S. The van der Waals surface area contributed by atoms with E-state index < -0.39 is 5.54 Å². The molecule has 110 valence electrons. The van der Waals surface area contributed by atoms with E-state index in [2.05, 4.69) is 5.32 Å². The highest BCUT2D eigenvalue weighted by Crippen LogP contribution is 2.57. The van der Waals surface area contributed by atoms with Crippen LogP contribution in [0.15, 0.2) is 16.8 Å². The number of carbonyl (C=O) groups excluding carboxylic acids is 1. The van der Waals surface area contributed by atoms with Gasteiger partial charge in [-0.3, -0.25) is 4.79 Å². The van der Waals surface area contributed by atoms with Gasteiger partial charge < -0.3 is 15.8 Å². The van der Waals surface area contributed by atoms with Crippen molar-refractivity contribution in [2.45, 2.75) is 44.9 Å². The Morgan fingerprint density at radius 2 is 2.40 bits per heavy atom. The van der Waals surface area contributed by atoms with Crippen molar-refractivity contribution >= 4 is 17.2 Å². The van der Waals surface area contributed by atoms with Crippen LogP contribution in [0.3, 0.4) is 0 Å². The topological polar surface area (TPSA) is 64.3 Å². The molecule has 4 nitrogen and oxygen atoms in total. The number of ether oxygens (including phenoxy) is 1. The highest BCUT2D eigenvalue weighted by molar-refractivity contribution is 7.07. The zero-order valence-electron chi connectivity index (χ0n) is 12.0. The van der Waals surface area contributed by atoms with E-state index in [0.717, 1.165) is 25.0 Å². The third kappa shape index (κ3) is 1.84. The lowest BCUT2D eigenvalue weighted by atomic mass is 9.46. The summed E-state index contributed by atoms with van der Waals surface area (Å²) in [5.41, 5.74) is 6.53. The van der Waals surface area contributed by atoms with Gasteiger partial charge >= 0.3 is 0 Å². The summed E-state index contributed by atoms with van der Waals surface area (Å²) in [6.07, 6.45) is 2.10. The first kappa shape index (κ1) is 14.0. The van der Waals surface area contributed by atoms with E-state index in [1.807, 2.05) is 30.7 Å². The van der Waals surface area contributed by atoms with E-state index in [-0.39, 0.29) is 23.3 Å². The Hall–Kier alpha value is -0.910. The minimum absolute atomic E-state index is 0.0412. The van der Waals surface area contributed by atoms with Crippen molar-refractivity contribution in [1.82, 2.24) is 5.32 Å². The molecule has 1 saturated heterocycles. The second kappa shape index (κ2) is 4.83. The second-order valence-corrected chi connectivity index (χ2v) is 7.23. The average Bonchev–Trinajstić information content (AvgIpc) is 2.97. The summed E-state index contributed by atoms with van der Waals surface area (Å²) in [6.45, 7) is 5.43. The third-order valence-corrected chi connectivity index (χ3v) is 5.83. The Labute approximate surface area is 123 Å². The van der Waals surface area contributed by atoms with Crippen LogP contribution < -0.4 is 11.1 Å². The number of hydrogen-bond acceptors (Lipinski definition) is 4. The maximum atomic E-state index is 12.6. The quantitative estimate of drug-likeness (QED) is 0.895. The van der Waals surface area contributed by atoms with E-state index in [4.69, 9.17) is 10.5 Å². The summed E-state index contributed by atoms with van der Waals surface area (Å²) < 4.78 is 5.83. The number of amides is 1. The van der Waals surface area contributed by atoms with Gasteiger partial charge in [-0.25, -0.2) is 0 Å². The lowest BCUT2D eigenvalue weighted by Crippen LogP contribution is -2.82. The summed E-state index contributed by atoms with van der Waals surface area (Å²) in [5, 5.41) is 7.06. The molecule has 0 bridgehead atoms. The van der Waals surface area contributed by atoms with Gasteiger partial charge in [0.05, 0.1) is 6.10 Å². The largest absolute Gasteiger partial charge is 0.377 e. The Bertz CT molecular complexity index is 500. The molecule has 1 amide bonds. The molecule has 1 aromatic heterocycles. The summed E-state index contributed by atoms with van der Waals surface area (Å²) >= 11 is 1.63. The van der Waals surface area contributed by atoms with Crippen LogP contribution in [0.2, 0.25) is 0 Å². The van der Waals surface area contributed by atoms with Crippen LogP contribution in [-0.4, -0.2) is 24.2 Å². The number of thiophene rings is 1. The first-order valence-electron chi connectivity index (χ1n) is 7.18. The van der Waals surface area contributed by atoms with Gasteiger partial charge in [0.25, 0.3) is 0 Å². The van der Waals surface area contributed by atoms with Crippen molar-refractivity contribution in [1.29, 1.82) is 0 Å². The summed E-state index contributed by atoms with van der Waals surface area (Å²) in [5.74, 6) is 0.106. The zero-order chi connectivity index (χ0) is 14.4. The van der Waals surface area contributed by atoms with Gasteiger partial charge in [-0.2, -0.15) is 11.3 Å². The molecule has 3 atom stereocenters. The first-order valence-corrected chi connectivity index (χ1v) is 8.12. The normalized spacial score (nSPS) is 35.0. The van der Waals surface area contributed by atoms with E-state index in [1.54, 1.807) is 11.3 Å². The number of nitrogens with two attached hydrogens (primary N) is 1. The summed E-state index contributed by atoms with van der Waals surface area (Å²) in [6, 6.07) is 2.02. The number of nitrogens with one attached hydrogen (secondary N) is 1. The summed E-state index contributed by atoms with van der Waals surface area (Å²) in [7, 11) is 0. The monoisotopic (exact) mass is 294 g/mol. The van der Waals surface area contributed by atoms with Gasteiger partial charge in [0.1, 0.15) is 5.54 Å². The molecule has 5 heteroatoms. The molecule has 1 aliphatic heterocycles. The Kier molecular flexibility index (Phi) is 3.39. The van der Waals surface area contributed by atoms with Crippen molar-refractivity contribution in [3.63, 3.8) is 0 Å². The number of rotatable bonds is 3. The van der Waals surface area contributed by atoms with Crippen LogP contribution in [0.25, 0.3) is 0 Å². The van der Waals surface area contributed by atoms with E-state index in [9.17, 15) is 4.79 Å². The van der Waals surface area contributed by atoms with Crippen molar-refractivity contribution < 1.29 is 9.53 Å². The molecule has 20 heavy (non-hydrogen) atoms. The van der Waals surface area contributed by atoms with Crippen molar-refractivity contribution in [3.8, 4) is 0 Å². The maximum absolute atomic E-state index is 12.6. The van der Waals surface area contributed by atoms with Gasteiger partial charge in [-0.1, -0.05) is 13.8 Å². The van der Waals surface area contributed by atoms with Gasteiger partial charge in [0.2, 0.25) is 5.91 Å². The molecule has 1 aliphatic carbocycles. The second-order valence-electron chi connectivity index (χ2n) is 6.45. The molecule has 1 saturated carbocycles. The van der Waals surface area contributed by atoms with Crippen LogP contribution >= 0.6 is 11.3 Å². The smallest absolute Gasteiger partial charge is 0.241 e. The molecule has 0 aromatic carbocycles. The van der Waals surface area contributed by atoms with Crippen LogP contribution in [0.5, 0.6) is 0 Å². The molecule has 2 heterocycles. The highest BCUT2D eigenvalue weighted by atomic mass is 32.1. The van der Waals surface area contributed by atoms with E-state index >= 15 is 0 Å². The fourth-order valence-electron chi connectivity index (χ4n) is 3.76. The lowest BCUT2D eigenvalue weighted by molar-refractivity contribution is -0.225. The fourth-order valence-corrected chi connectivity index (χ4v) is 4.43. The van der Waals surface area contributed by atoms with Crippen molar-refractivity contribution in [2.75, 3.05) is 6.61 Å². The average molecular weight is 294 g/mol. The third-order valence-electron chi connectivity index (χ3n) is 5.09. The Morgan fingerprint density at radius 1 is 1.60 bits per heavy atom. The Morgan fingerprint density at radius 3 is 3.10 bits per heavy atom. The molecule has 3 rings (SSSR count). The molecule has 1 aromatic rings. The summed E-state index contributed by atoms with van der Waals surface area (Å²) in [4.78, 5) is 12.6. The lowest BCUT2D eigenvalue weighted by Gasteiger charge is -2.65. The van der Waals surface area contributed by atoms with Crippen LogP contribution in [0.4, 0.5) is 0 Å². The highest BCUT2D eigenvalue weighted by Gasteiger charge is 2.70. The molecule has 2 aliphatic rings. The minimum atomic E-state index is -0.811. The predicted molar refractivity (Wildman–Crippen MR) is 79.3 cm³/mol. The van der Waals surface area contributed by atoms with E-state index in [1.165, 1.54) is 0 Å². The van der Waals surface area contributed by atoms with Crippen LogP contribution in [-0.2, 0) is 16.1 Å². The minimum Gasteiger partial charge on any atom is -0.377 e. The number of carbonyl (C=O) groups is 1.